The molecule has 2 aromatic rings. The minimum atomic E-state index is -0.967. The number of nitrogens with zero attached hydrogens (tertiary/aromatic N) is 1. The Morgan fingerprint density at radius 1 is 1.10 bits per heavy atom. The lowest BCUT2D eigenvalue weighted by Gasteiger charge is -2.19. The SMILES string of the molecule is CC(NC(=O)c1nc[nH]c1C(=O)NCC(=O)OC(C)(C)C)C(=O)OCc1ccccc1. The van der Waals surface area contributed by atoms with Gasteiger partial charge in [-0.15, -0.1) is 0 Å². The maximum atomic E-state index is 12.5. The van der Waals surface area contributed by atoms with Gasteiger partial charge in [-0.25, -0.2) is 9.78 Å². The normalized spacial score (nSPS) is 11.9. The smallest absolute Gasteiger partial charge is 0.328 e. The summed E-state index contributed by atoms with van der Waals surface area (Å²) in [5.41, 5.74) is -0.243. The maximum absolute atomic E-state index is 12.5. The van der Waals surface area contributed by atoms with Gasteiger partial charge in [-0.3, -0.25) is 14.4 Å². The first kappa shape index (κ1) is 23.6. The third-order valence-corrected chi connectivity index (χ3v) is 3.82. The molecule has 31 heavy (non-hydrogen) atoms. The lowest BCUT2D eigenvalue weighted by molar-refractivity contribution is -0.153. The molecule has 0 saturated carbocycles. The number of aromatic nitrogens is 2. The van der Waals surface area contributed by atoms with E-state index >= 15 is 0 Å². The highest BCUT2D eigenvalue weighted by Gasteiger charge is 2.25. The number of benzene rings is 1. The molecule has 1 unspecified atom stereocenters. The van der Waals surface area contributed by atoms with Gasteiger partial charge in [-0.05, 0) is 33.3 Å². The Morgan fingerprint density at radius 3 is 2.42 bits per heavy atom. The van der Waals surface area contributed by atoms with E-state index in [1.165, 1.54) is 6.92 Å². The number of nitrogens with one attached hydrogen (secondary N) is 3. The first-order chi connectivity index (χ1) is 14.6. The fourth-order valence-corrected chi connectivity index (χ4v) is 2.44. The van der Waals surface area contributed by atoms with Crippen molar-refractivity contribution in [3.05, 3.63) is 53.6 Å². The van der Waals surface area contributed by atoms with Gasteiger partial charge in [0.25, 0.3) is 11.8 Å². The van der Waals surface area contributed by atoms with Crippen LogP contribution in [-0.2, 0) is 25.7 Å². The van der Waals surface area contributed by atoms with Crippen LogP contribution >= 0.6 is 0 Å². The second-order valence-corrected chi connectivity index (χ2v) is 7.68. The molecule has 3 N–H and O–H groups in total. The van der Waals surface area contributed by atoms with Crippen molar-refractivity contribution in [2.75, 3.05) is 6.54 Å². The Balaban J connectivity index is 1.90. The van der Waals surface area contributed by atoms with E-state index in [1.807, 2.05) is 30.3 Å². The molecule has 0 saturated heterocycles. The standard InChI is InChI=1S/C21H26N4O6/c1-13(20(29)30-11-14-8-6-5-7-9-14)25-19(28)17-16(23-12-24-17)18(27)22-10-15(26)31-21(2,3)4/h5-9,12-13H,10-11H2,1-4H3,(H,22,27)(H,23,24)(H,25,28). The Bertz CT molecular complexity index is 933. The molecule has 0 radical (unpaired) electrons. The maximum Gasteiger partial charge on any atom is 0.328 e. The Hall–Kier alpha value is -3.69. The molecule has 1 heterocycles. The predicted octanol–water partition coefficient (Wildman–Crippen LogP) is 1.34. The quantitative estimate of drug-likeness (QED) is 0.537. The molecule has 0 fully saturated rings. The number of aromatic amines is 1. The van der Waals surface area contributed by atoms with Crippen molar-refractivity contribution in [3.63, 3.8) is 0 Å². The van der Waals surface area contributed by atoms with Gasteiger partial charge in [-0.1, -0.05) is 30.3 Å². The molecule has 1 atom stereocenters. The minimum absolute atomic E-state index is 0.0700. The fraction of sp³-hybridized carbons (Fsp3) is 0.381. The minimum Gasteiger partial charge on any atom is -0.459 e. The zero-order valence-electron chi connectivity index (χ0n) is 17.9. The highest BCUT2D eigenvalue weighted by atomic mass is 16.6. The zero-order chi connectivity index (χ0) is 23.0. The molecular formula is C21H26N4O6. The van der Waals surface area contributed by atoms with Crippen LogP contribution < -0.4 is 10.6 Å². The van der Waals surface area contributed by atoms with Gasteiger partial charge < -0.3 is 25.1 Å². The summed E-state index contributed by atoms with van der Waals surface area (Å²) in [6, 6.07) is 8.14. The molecule has 166 valence electrons. The average molecular weight is 430 g/mol. The largest absolute Gasteiger partial charge is 0.459 e. The molecule has 10 heteroatoms. The van der Waals surface area contributed by atoms with E-state index < -0.39 is 35.4 Å². The van der Waals surface area contributed by atoms with Crippen LogP contribution in [0.1, 0.15) is 54.2 Å². The first-order valence-electron chi connectivity index (χ1n) is 9.61. The van der Waals surface area contributed by atoms with E-state index in [0.29, 0.717) is 0 Å². The predicted molar refractivity (Wildman–Crippen MR) is 110 cm³/mol. The molecule has 0 bridgehead atoms. The topological polar surface area (TPSA) is 139 Å². The Morgan fingerprint density at radius 2 is 1.77 bits per heavy atom. The number of H-pyrrole nitrogens is 1. The van der Waals surface area contributed by atoms with Crippen LogP contribution in [-0.4, -0.2) is 51.9 Å². The number of amides is 2. The van der Waals surface area contributed by atoms with Gasteiger partial charge in [0.1, 0.15) is 30.5 Å². The Kier molecular flexibility index (Phi) is 7.89. The number of hydrogen-bond donors (Lipinski definition) is 3. The molecule has 1 aromatic carbocycles. The van der Waals surface area contributed by atoms with Crippen molar-refractivity contribution < 1.29 is 28.7 Å². The third-order valence-electron chi connectivity index (χ3n) is 3.82. The van der Waals surface area contributed by atoms with Gasteiger partial charge >= 0.3 is 11.9 Å². The molecule has 0 spiro atoms. The lowest BCUT2D eigenvalue weighted by atomic mass is 10.2. The highest BCUT2D eigenvalue weighted by molar-refractivity contribution is 6.06. The Labute approximate surface area is 179 Å². The summed E-state index contributed by atoms with van der Waals surface area (Å²) in [6.07, 6.45) is 1.16. The summed E-state index contributed by atoms with van der Waals surface area (Å²) in [7, 11) is 0. The van der Waals surface area contributed by atoms with E-state index in [4.69, 9.17) is 9.47 Å². The molecule has 2 amide bonds. The summed E-state index contributed by atoms with van der Waals surface area (Å²) in [4.78, 5) is 55.1. The van der Waals surface area contributed by atoms with Gasteiger partial charge in [0.2, 0.25) is 0 Å². The van der Waals surface area contributed by atoms with E-state index in [0.717, 1.165) is 11.9 Å². The number of imidazole rings is 1. The number of ether oxygens (including phenoxy) is 2. The van der Waals surface area contributed by atoms with Gasteiger partial charge in [-0.2, -0.15) is 0 Å². The fourth-order valence-electron chi connectivity index (χ4n) is 2.44. The molecule has 0 aliphatic heterocycles. The van der Waals surface area contributed by atoms with E-state index in [9.17, 15) is 19.2 Å². The van der Waals surface area contributed by atoms with Crippen molar-refractivity contribution in [2.24, 2.45) is 0 Å². The van der Waals surface area contributed by atoms with Crippen LogP contribution in [0.2, 0.25) is 0 Å². The van der Waals surface area contributed by atoms with Crippen LogP contribution in [0.5, 0.6) is 0 Å². The number of rotatable bonds is 8. The number of hydrogen-bond acceptors (Lipinski definition) is 7. The van der Waals surface area contributed by atoms with Gasteiger partial charge in [0, 0.05) is 0 Å². The molecular weight excluding hydrogens is 404 g/mol. The summed E-state index contributed by atoms with van der Waals surface area (Å²) in [5.74, 6) is -2.72. The first-order valence-corrected chi connectivity index (χ1v) is 9.61. The molecule has 0 aliphatic carbocycles. The van der Waals surface area contributed by atoms with Crippen LogP contribution in [0.4, 0.5) is 0 Å². The molecule has 2 rings (SSSR count). The van der Waals surface area contributed by atoms with Crippen molar-refractivity contribution in [1.82, 2.24) is 20.6 Å². The summed E-state index contributed by atoms with van der Waals surface area (Å²) in [5, 5.41) is 4.80. The zero-order valence-corrected chi connectivity index (χ0v) is 17.9. The number of esters is 2. The van der Waals surface area contributed by atoms with Crippen LogP contribution in [0.3, 0.4) is 0 Å². The third kappa shape index (κ3) is 7.57. The van der Waals surface area contributed by atoms with Gasteiger partial charge in [0.15, 0.2) is 5.69 Å². The second-order valence-electron chi connectivity index (χ2n) is 7.68. The number of carbonyl (C=O) groups excluding carboxylic acids is 4. The van der Waals surface area contributed by atoms with Crippen molar-refractivity contribution in [1.29, 1.82) is 0 Å². The van der Waals surface area contributed by atoms with Crippen LogP contribution in [0, 0.1) is 0 Å². The molecule has 10 nitrogen and oxygen atoms in total. The molecule has 1 aromatic heterocycles. The second kappa shape index (κ2) is 10.4. The average Bonchev–Trinajstić information content (AvgIpc) is 3.20. The van der Waals surface area contributed by atoms with Crippen LogP contribution in [0.15, 0.2) is 36.7 Å². The summed E-state index contributed by atoms with van der Waals surface area (Å²) in [6.45, 7) is 6.27. The summed E-state index contributed by atoms with van der Waals surface area (Å²) >= 11 is 0. The molecule has 0 aliphatic rings. The van der Waals surface area contributed by atoms with Crippen LogP contribution in [0.25, 0.3) is 0 Å². The van der Waals surface area contributed by atoms with E-state index in [-0.39, 0.29) is 24.5 Å². The monoisotopic (exact) mass is 430 g/mol. The highest BCUT2D eigenvalue weighted by Crippen LogP contribution is 2.07. The number of carbonyl (C=O) groups is 4. The lowest BCUT2D eigenvalue weighted by Crippen LogP contribution is -2.41. The van der Waals surface area contributed by atoms with Crippen molar-refractivity contribution in [2.45, 2.75) is 45.9 Å². The van der Waals surface area contributed by atoms with Crippen molar-refractivity contribution in [3.8, 4) is 0 Å². The van der Waals surface area contributed by atoms with E-state index in [1.54, 1.807) is 20.8 Å². The van der Waals surface area contributed by atoms with Gasteiger partial charge in [0.05, 0.1) is 6.33 Å². The van der Waals surface area contributed by atoms with Crippen molar-refractivity contribution >= 4 is 23.8 Å². The van der Waals surface area contributed by atoms with E-state index in [2.05, 4.69) is 20.6 Å². The summed E-state index contributed by atoms with van der Waals surface area (Å²) < 4.78 is 10.3.